The molecule has 3 amide bonds. The fraction of sp³-hybridized carbons (Fsp3) is 0.536. The SMILES string of the molecule is C=CCN(C)C(=O)[C@H]1[C@H]2C(=O)N(CCCO)C(C(=O)N(CC=C)Cc3ccccc3)C23CC[C@]1(C)O3. The van der Waals surface area contributed by atoms with Gasteiger partial charge in [-0.15, -0.1) is 13.2 Å². The number of ether oxygens (including phenoxy) is 1. The molecule has 2 bridgehead atoms. The molecule has 8 heteroatoms. The van der Waals surface area contributed by atoms with Crippen LogP contribution in [0.1, 0.15) is 31.7 Å². The van der Waals surface area contributed by atoms with Crippen molar-refractivity contribution >= 4 is 17.7 Å². The molecule has 1 aromatic carbocycles. The van der Waals surface area contributed by atoms with Gasteiger partial charge in [-0.05, 0) is 31.7 Å². The highest BCUT2D eigenvalue weighted by atomic mass is 16.5. The zero-order chi connectivity index (χ0) is 26.1. The third-order valence-electron chi connectivity index (χ3n) is 7.99. The Kier molecular flexibility index (Phi) is 7.38. The van der Waals surface area contributed by atoms with Crippen molar-refractivity contribution in [2.24, 2.45) is 11.8 Å². The summed E-state index contributed by atoms with van der Waals surface area (Å²) in [5.41, 5.74) is -0.934. The van der Waals surface area contributed by atoms with E-state index < -0.39 is 29.1 Å². The van der Waals surface area contributed by atoms with E-state index in [9.17, 15) is 19.5 Å². The number of likely N-dealkylation sites (N-methyl/N-ethyl adjacent to an activating group) is 1. The highest BCUT2D eigenvalue weighted by Crippen LogP contribution is 2.63. The van der Waals surface area contributed by atoms with E-state index in [4.69, 9.17) is 4.74 Å². The van der Waals surface area contributed by atoms with Crippen LogP contribution in [0.4, 0.5) is 0 Å². The number of aliphatic hydroxyl groups is 1. The molecule has 3 heterocycles. The van der Waals surface area contributed by atoms with Gasteiger partial charge in [0.1, 0.15) is 11.6 Å². The maximum Gasteiger partial charge on any atom is 0.248 e. The van der Waals surface area contributed by atoms with Crippen LogP contribution in [0.25, 0.3) is 0 Å². The second kappa shape index (κ2) is 10.2. The third-order valence-corrected chi connectivity index (χ3v) is 7.99. The number of likely N-dealkylation sites (tertiary alicyclic amines) is 1. The van der Waals surface area contributed by atoms with Crippen LogP contribution >= 0.6 is 0 Å². The summed E-state index contributed by atoms with van der Waals surface area (Å²) in [4.78, 5) is 46.6. The second-order valence-corrected chi connectivity index (χ2v) is 10.3. The molecule has 0 aromatic heterocycles. The lowest BCUT2D eigenvalue weighted by molar-refractivity contribution is -0.153. The summed E-state index contributed by atoms with van der Waals surface area (Å²) in [7, 11) is 1.70. The summed E-state index contributed by atoms with van der Waals surface area (Å²) < 4.78 is 6.65. The number of carbonyl (C=O) groups excluding carboxylic acids is 3. The predicted molar refractivity (Wildman–Crippen MR) is 136 cm³/mol. The quantitative estimate of drug-likeness (QED) is 0.474. The zero-order valence-corrected chi connectivity index (χ0v) is 21.3. The van der Waals surface area contributed by atoms with E-state index in [1.54, 1.807) is 33.9 Å². The average Bonchev–Trinajstić information content (AvgIpc) is 3.43. The molecule has 0 saturated carbocycles. The van der Waals surface area contributed by atoms with Crippen LogP contribution in [-0.4, -0.2) is 88.1 Å². The lowest BCUT2D eigenvalue weighted by Gasteiger charge is -2.37. The van der Waals surface area contributed by atoms with Gasteiger partial charge in [0.25, 0.3) is 0 Å². The molecule has 5 atom stereocenters. The molecule has 1 spiro atoms. The molecule has 194 valence electrons. The minimum absolute atomic E-state index is 0.105. The topological polar surface area (TPSA) is 90.4 Å². The van der Waals surface area contributed by atoms with E-state index in [-0.39, 0.29) is 30.9 Å². The summed E-state index contributed by atoms with van der Waals surface area (Å²) in [6.07, 6.45) is 4.78. The molecule has 36 heavy (non-hydrogen) atoms. The van der Waals surface area contributed by atoms with Crippen molar-refractivity contribution < 1.29 is 24.2 Å². The smallest absolute Gasteiger partial charge is 0.248 e. The van der Waals surface area contributed by atoms with Crippen LogP contribution in [-0.2, 0) is 25.7 Å². The van der Waals surface area contributed by atoms with Gasteiger partial charge >= 0.3 is 0 Å². The van der Waals surface area contributed by atoms with Crippen molar-refractivity contribution in [1.29, 1.82) is 0 Å². The number of rotatable bonds is 11. The van der Waals surface area contributed by atoms with Crippen LogP contribution in [0.15, 0.2) is 55.6 Å². The number of fused-ring (bicyclic) bond motifs is 1. The van der Waals surface area contributed by atoms with Crippen molar-refractivity contribution in [2.75, 3.05) is 33.3 Å². The first kappa shape index (κ1) is 26.1. The van der Waals surface area contributed by atoms with E-state index in [1.165, 1.54) is 0 Å². The molecule has 0 aliphatic carbocycles. The average molecular weight is 496 g/mol. The Hall–Kier alpha value is -2.97. The van der Waals surface area contributed by atoms with Gasteiger partial charge in [0.05, 0.1) is 17.4 Å². The molecule has 3 aliphatic heterocycles. The predicted octanol–water partition coefficient (Wildman–Crippen LogP) is 1.99. The number of carbonyl (C=O) groups is 3. The minimum Gasteiger partial charge on any atom is -0.396 e. The summed E-state index contributed by atoms with van der Waals surface area (Å²) >= 11 is 0. The first-order chi connectivity index (χ1) is 17.2. The zero-order valence-electron chi connectivity index (χ0n) is 21.3. The fourth-order valence-corrected chi connectivity index (χ4v) is 6.45. The normalized spacial score (nSPS) is 30.2. The Morgan fingerprint density at radius 1 is 1.17 bits per heavy atom. The molecule has 1 aromatic rings. The Bertz CT molecular complexity index is 1030. The van der Waals surface area contributed by atoms with Crippen molar-refractivity contribution in [3.05, 3.63) is 61.2 Å². The molecule has 3 aliphatic rings. The molecule has 3 saturated heterocycles. The van der Waals surface area contributed by atoms with Gasteiger partial charge in [-0.3, -0.25) is 14.4 Å². The van der Waals surface area contributed by atoms with Crippen LogP contribution in [0.5, 0.6) is 0 Å². The molecule has 4 rings (SSSR count). The third kappa shape index (κ3) is 4.16. The van der Waals surface area contributed by atoms with E-state index >= 15 is 0 Å². The van der Waals surface area contributed by atoms with Gasteiger partial charge in [-0.25, -0.2) is 0 Å². The summed E-state index contributed by atoms with van der Waals surface area (Å²) in [6, 6.07) is 8.81. The fourth-order valence-electron chi connectivity index (χ4n) is 6.45. The van der Waals surface area contributed by atoms with Crippen LogP contribution in [0.3, 0.4) is 0 Å². The second-order valence-electron chi connectivity index (χ2n) is 10.3. The molecular weight excluding hydrogens is 458 g/mol. The Morgan fingerprint density at radius 2 is 1.86 bits per heavy atom. The number of nitrogens with zero attached hydrogens (tertiary/aromatic N) is 3. The summed E-state index contributed by atoms with van der Waals surface area (Å²) in [5.74, 6) is -2.05. The van der Waals surface area contributed by atoms with Crippen LogP contribution < -0.4 is 0 Å². The summed E-state index contributed by atoms with van der Waals surface area (Å²) in [6.45, 7) is 10.6. The monoisotopic (exact) mass is 495 g/mol. The number of amides is 3. The summed E-state index contributed by atoms with van der Waals surface area (Å²) in [5, 5.41) is 9.52. The molecular formula is C28H37N3O5. The molecule has 0 radical (unpaired) electrons. The van der Waals surface area contributed by atoms with Crippen LogP contribution in [0, 0.1) is 11.8 Å². The van der Waals surface area contributed by atoms with Crippen molar-refractivity contribution in [3.63, 3.8) is 0 Å². The van der Waals surface area contributed by atoms with Gasteiger partial charge in [-0.1, -0.05) is 42.5 Å². The Balaban J connectivity index is 1.74. The molecule has 2 unspecified atom stereocenters. The van der Waals surface area contributed by atoms with E-state index in [2.05, 4.69) is 13.2 Å². The van der Waals surface area contributed by atoms with Gasteiger partial charge < -0.3 is 24.5 Å². The van der Waals surface area contributed by atoms with Gasteiger partial charge in [0.15, 0.2) is 0 Å². The maximum absolute atomic E-state index is 14.2. The first-order valence-corrected chi connectivity index (χ1v) is 12.6. The maximum atomic E-state index is 14.2. The number of hydrogen-bond acceptors (Lipinski definition) is 5. The van der Waals surface area contributed by atoms with Crippen molar-refractivity contribution in [1.82, 2.24) is 14.7 Å². The molecule has 8 nitrogen and oxygen atoms in total. The first-order valence-electron chi connectivity index (χ1n) is 12.6. The van der Waals surface area contributed by atoms with E-state index in [0.717, 1.165) is 5.56 Å². The van der Waals surface area contributed by atoms with E-state index in [1.807, 2.05) is 37.3 Å². The van der Waals surface area contributed by atoms with Gasteiger partial charge in [0, 0.05) is 39.8 Å². The number of hydrogen-bond donors (Lipinski definition) is 1. The number of benzene rings is 1. The Labute approximate surface area is 213 Å². The number of aliphatic hydroxyl groups excluding tert-OH is 1. The minimum atomic E-state index is -1.08. The van der Waals surface area contributed by atoms with Crippen molar-refractivity contribution in [2.45, 2.75) is 50.0 Å². The van der Waals surface area contributed by atoms with E-state index in [0.29, 0.717) is 38.9 Å². The lowest BCUT2D eigenvalue weighted by atomic mass is 9.66. The molecule has 3 fully saturated rings. The van der Waals surface area contributed by atoms with Gasteiger partial charge in [0.2, 0.25) is 17.7 Å². The Morgan fingerprint density at radius 3 is 2.50 bits per heavy atom. The van der Waals surface area contributed by atoms with Crippen LogP contribution in [0.2, 0.25) is 0 Å². The standard InChI is InChI=1S/C28H37N3O5/c1-5-15-29(4)24(33)21-22-25(34)31(17-10-18-32)23(28(22)14-13-27(21,3)36-28)26(35)30(16-6-2)19-20-11-8-7-9-12-20/h5-9,11-12,21-23,32H,1-2,10,13-19H2,3-4H3/t21-,22+,23?,27+,28?/m1/s1. The molecule has 1 N–H and O–H groups in total. The lowest BCUT2D eigenvalue weighted by Crippen LogP contribution is -2.56. The van der Waals surface area contributed by atoms with Gasteiger partial charge in [-0.2, -0.15) is 0 Å². The highest BCUT2D eigenvalue weighted by Gasteiger charge is 2.78. The largest absolute Gasteiger partial charge is 0.396 e. The van der Waals surface area contributed by atoms with Crippen molar-refractivity contribution in [3.8, 4) is 0 Å². The highest BCUT2D eigenvalue weighted by molar-refractivity contribution is 5.99.